The van der Waals surface area contributed by atoms with Gasteiger partial charge in [0.05, 0.1) is 19.8 Å². The summed E-state index contributed by atoms with van der Waals surface area (Å²) in [6.07, 6.45) is 2.06. The van der Waals surface area contributed by atoms with Crippen molar-refractivity contribution in [3.8, 4) is 5.75 Å². The van der Waals surface area contributed by atoms with Gasteiger partial charge in [-0.05, 0) is 42.5 Å². The second-order valence-corrected chi connectivity index (χ2v) is 5.90. The van der Waals surface area contributed by atoms with Crippen LogP contribution in [0.2, 0.25) is 0 Å². The van der Waals surface area contributed by atoms with Gasteiger partial charge in [0.2, 0.25) is 0 Å². The Bertz CT molecular complexity index is 499. The van der Waals surface area contributed by atoms with Crippen molar-refractivity contribution in [3.63, 3.8) is 0 Å². The lowest BCUT2D eigenvalue weighted by atomic mass is 9.99. The van der Waals surface area contributed by atoms with Gasteiger partial charge < -0.3 is 14.4 Å². The van der Waals surface area contributed by atoms with E-state index in [1.165, 1.54) is 0 Å². The molecule has 1 aliphatic rings. The van der Waals surface area contributed by atoms with E-state index in [2.05, 4.69) is 13.8 Å². The molecule has 0 saturated carbocycles. The first-order chi connectivity index (χ1) is 10.1. The van der Waals surface area contributed by atoms with Crippen LogP contribution in [0.5, 0.6) is 5.75 Å². The van der Waals surface area contributed by atoms with Gasteiger partial charge in [-0.3, -0.25) is 4.79 Å². The van der Waals surface area contributed by atoms with Crippen LogP contribution in [-0.2, 0) is 4.74 Å². The van der Waals surface area contributed by atoms with E-state index in [1.54, 1.807) is 14.2 Å². The number of ether oxygens (including phenoxy) is 2. The Kier molecular flexibility index (Phi) is 5.23. The summed E-state index contributed by atoms with van der Waals surface area (Å²) in [5.74, 6) is 1.18. The van der Waals surface area contributed by atoms with Crippen LogP contribution in [0.4, 0.5) is 0 Å². The first-order valence-corrected chi connectivity index (χ1v) is 7.55. The van der Waals surface area contributed by atoms with Crippen molar-refractivity contribution in [1.82, 2.24) is 4.90 Å². The Balaban J connectivity index is 2.27. The highest BCUT2D eigenvalue weighted by Crippen LogP contribution is 2.26. The van der Waals surface area contributed by atoms with Crippen molar-refractivity contribution in [2.75, 3.05) is 27.4 Å². The molecule has 1 saturated heterocycles. The number of carbonyl (C=O) groups excluding carboxylic acids is 1. The van der Waals surface area contributed by atoms with Gasteiger partial charge in [-0.2, -0.15) is 0 Å². The van der Waals surface area contributed by atoms with E-state index in [1.807, 2.05) is 23.1 Å². The molecular formula is C17H25NO3. The van der Waals surface area contributed by atoms with Gasteiger partial charge in [-0.25, -0.2) is 0 Å². The molecule has 1 amide bonds. The van der Waals surface area contributed by atoms with Crippen LogP contribution >= 0.6 is 0 Å². The van der Waals surface area contributed by atoms with Crippen molar-refractivity contribution in [1.29, 1.82) is 0 Å². The molecule has 0 bridgehead atoms. The quantitative estimate of drug-likeness (QED) is 0.837. The van der Waals surface area contributed by atoms with E-state index >= 15 is 0 Å². The molecule has 1 aromatic carbocycles. The molecule has 0 spiro atoms. The van der Waals surface area contributed by atoms with Crippen molar-refractivity contribution in [3.05, 3.63) is 29.3 Å². The third kappa shape index (κ3) is 3.56. The van der Waals surface area contributed by atoms with Crippen LogP contribution in [0, 0.1) is 0 Å². The molecule has 4 heteroatoms. The number of likely N-dealkylation sites (tertiary alicyclic amines) is 1. The highest BCUT2D eigenvalue weighted by molar-refractivity contribution is 5.95. The molecule has 0 radical (unpaired) electrons. The number of benzene rings is 1. The average molecular weight is 291 g/mol. The number of methoxy groups -OCH3 is 2. The number of carbonyl (C=O) groups is 1. The number of nitrogens with zero attached hydrogens (tertiary/aromatic N) is 1. The van der Waals surface area contributed by atoms with Gasteiger partial charge in [0, 0.05) is 19.2 Å². The van der Waals surface area contributed by atoms with Gasteiger partial charge in [-0.15, -0.1) is 0 Å². The molecule has 21 heavy (non-hydrogen) atoms. The molecule has 1 atom stereocenters. The Morgan fingerprint density at radius 1 is 1.33 bits per heavy atom. The SMILES string of the molecule is COC[C@H]1CCCN1C(=O)c1cc(OC)cc(C(C)C)c1. The highest BCUT2D eigenvalue weighted by atomic mass is 16.5. The van der Waals surface area contributed by atoms with E-state index in [4.69, 9.17) is 9.47 Å². The Morgan fingerprint density at radius 3 is 2.71 bits per heavy atom. The zero-order valence-electron chi connectivity index (χ0n) is 13.4. The first kappa shape index (κ1) is 15.8. The van der Waals surface area contributed by atoms with Gasteiger partial charge in [0.25, 0.3) is 5.91 Å². The van der Waals surface area contributed by atoms with Gasteiger partial charge in [-0.1, -0.05) is 13.8 Å². The van der Waals surface area contributed by atoms with E-state index in [9.17, 15) is 4.79 Å². The molecule has 1 heterocycles. The van der Waals surface area contributed by atoms with Crippen molar-refractivity contribution >= 4 is 5.91 Å². The molecule has 4 nitrogen and oxygen atoms in total. The standard InChI is InChI=1S/C17H25NO3/c1-12(2)13-8-14(10-16(9-13)21-4)17(19)18-7-5-6-15(18)11-20-3/h8-10,12,15H,5-7,11H2,1-4H3/t15-/m1/s1. The van der Waals surface area contributed by atoms with Gasteiger partial charge >= 0.3 is 0 Å². The lowest BCUT2D eigenvalue weighted by Crippen LogP contribution is -2.38. The summed E-state index contributed by atoms with van der Waals surface area (Å²) in [4.78, 5) is 14.7. The maximum Gasteiger partial charge on any atom is 0.254 e. The minimum Gasteiger partial charge on any atom is -0.497 e. The van der Waals surface area contributed by atoms with Crippen LogP contribution < -0.4 is 4.74 Å². The summed E-state index contributed by atoms with van der Waals surface area (Å²) in [5.41, 5.74) is 1.83. The fourth-order valence-corrected chi connectivity index (χ4v) is 2.83. The lowest BCUT2D eigenvalue weighted by molar-refractivity contribution is 0.0630. The minimum atomic E-state index is 0.0790. The van der Waals surface area contributed by atoms with Crippen LogP contribution in [0.1, 0.15) is 48.5 Å². The molecule has 116 valence electrons. The zero-order chi connectivity index (χ0) is 15.4. The smallest absolute Gasteiger partial charge is 0.254 e. The largest absolute Gasteiger partial charge is 0.497 e. The zero-order valence-corrected chi connectivity index (χ0v) is 13.4. The topological polar surface area (TPSA) is 38.8 Å². The van der Waals surface area contributed by atoms with Crippen LogP contribution in [0.15, 0.2) is 18.2 Å². The van der Waals surface area contributed by atoms with Gasteiger partial charge in [0.15, 0.2) is 0 Å². The minimum absolute atomic E-state index is 0.0790. The van der Waals surface area contributed by atoms with Gasteiger partial charge in [0.1, 0.15) is 5.75 Å². The van der Waals surface area contributed by atoms with E-state index in [-0.39, 0.29) is 11.9 Å². The van der Waals surface area contributed by atoms with Crippen LogP contribution in [-0.4, -0.2) is 44.2 Å². The monoisotopic (exact) mass is 291 g/mol. The van der Waals surface area contributed by atoms with Crippen molar-refractivity contribution in [2.45, 2.75) is 38.6 Å². The molecule has 1 aliphatic heterocycles. The molecule has 2 rings (SSSR count). The third-order valence-corrected chi connectivity index (χ3v) is 4.08. The summed E-state index contributed by atoms with van der Waals surface area (Å²) >= 11 is 0. The summed E-state index contributed by atoms with van der Waals surface area (Å²) in [7, 11) is 3.32. The lowest BCUT2D eigenvalue weighted by Gasteiger charge is -2.24. The van der Waals surface area contributed by atoms with Crippen LogP contribution in [0.3, 0.4) is 0 Å². The first-order valence-electron chi connectivity index (χ1n) is 7.55. The number of hydrogen-bond acceptors (Lipinski definition) is 3. The summed E-state index contributed by atoms with van der Waals surface area (Å²) in [6, 6.07) is 6.00. The van der Waals surface area contributed by atoms with Crippen molar-refractivity contribution in [2.24, 2.45) is 0 Å². The Morgan fingerprint density at radius 2 is 2.10 bits per heavy atom. The number of amides is 1. The average Bonchev–Trinajstić information content (AvgIpc) is 2.94. The fraction of sp³-hybridized carbons (Fsp3) is 0.588. The fourth-order valence-electron chi connectivity index (χ4n) is 2.83. The highest BCUT2D eigenvalue weighted by Gasteiger charge is 2.29. The second-order valence-electron chi connectivity index (χ2n) is 5.90. The van der Waals surface area contributed by atoms with Crippen LogP contribution in [0.25, 0.3) is 0 Å². The molecule has 0 aliphatic carbocycles. The van der Waals surface area contributed by atoms with E-state index < -0.39 is 0 Å². The maximum atomic E-state index is 12.8. The summed E-state index contributed by atoms with van der Waals surface area (Å²) in [6.45, 7) is 5.65. The predicted octanol–water partition coefficient (Wildman–Crippen LogP) is 3.07. The Hall–Kier alpha value is -1.55. The number of hydrogen-bond donors (Lipinski definition) is 0. The normalized spacial score (nSPS) is 18.3. The Labute approximate surface area is 127 Å². The third-order valence-electron chi connectivity index (χ3n) is 4.08. The molecule has 0 aromatic heterocycles. The molecule has 1 aromatic rings. The van der Waals surface area contributed by atoms with E-state index in [0.717, 1.165) is 30.7 Å². The molecule has 0 N–H and O–H groups in total. The predicted molar refractivity (Wildman–Crippen MR) is 83.0 cm³/mol. The molecular weight excluding hydrogens is 266 g/mol. The summed E-state index contributed by atoms with van der Waals surface area (Å²) < 4.78 is 10.6. The molecule has 1 fully saturated rings. The molecule has 0 unspecified atom stereocenters. The van der Waals surface area contributed by atoms with Crippen molar-refractivity contribution < 1.29 is 14.3 Å². The maximum absolute atomic E-state index is 12.8. The van der Waals surface area contributed by atoms with E-state index in [0.29, 0.717) is 18.1 Å². The number of rotatable bonds is 5. The second kappa shape index (κ2) is 6.94. The summed E-state index contributed by atoms with van der Waals surface area (Å²) in [5, 5.41) is 0.